The van der Waals surface area contributed by atoms with E-state index in [0.717, 1.165) is 31.7 Å². The molecule has 0 radical (unpaired) electrons. The normalized spacial score (nSPS) is 10.4. The molecule has 0 bridgehead atoms. The van der Waals surface area contributed by atoms with Crippen LogP contribution in [-0.2, 0) is 0 Å². The Morgan fingerprint density at radius 2 is 1.81 bits per heavy atom. The molecule has 0 unspecified atom stereocenters. The Hall–Kier alpha value is -0.830. The van der Waals surface area contributed by atoms with Crippen LogP contribution in [0.25, 0.3) is 0 Å². The number of hydrogen-bond acceptors (Lipinski definition) is 1. The lowest BCUT2D eigenvalue weighted by Crippen LogP contribution is -1.99. The number of halogens is 3. The molecule has 0 atom stereocenters. The number of benzene rings is 1. The molecule has 90 valence electrons. The maximum atomic E-state index is 13.1. The molecular weight excluding hydrogens is 234 g/mol. The van der Waals surface area contributed by atoms with Crippen molar-refractivity contribution in [3.05, 3.63) is 29.8 Å². The first-order chi connectivity index (χ1) is 7.74. The van der Waals surface area contributed by atoms with Crippen LogP contribution in [0.2, 0.25) is 0 Å². The molecular formula is C12H15ClF2O. The molecule has 0 N–H and O–H groups in total. The molecule has 0 saturated heterocycles. The molecule has 0 aliphatic carbocycles. The first-order valence-corrected chi connectivity index (χ1v) is 5.91. The third kappa shape index (κ3) is 4.79. The fraction of sp³-hybridized carbons (Fsp3) is 0.500. The minimum Gasteiger partial charge on any atom is -0.491 e. The lowest BCUT2D eigenvalue weighted by atomic mass is 10.2. The van der Waals surface area contributed by atoms with Crippen LogP contribution in [-0.4, -0.2) is 12.5 Å². The molecule has 16 heavy (non-hydrogen) atoms. The molecule has 0 amide bonds. The van der Waals surface area contributed by atoms with Gasteiger partial charge in [-0.05, 0) is 25.0 Å². The van der Waals surface area contributed by atoms with Crippen molar-refractivity contribution in [2.24, 2.45) is 0 Å². The average Bonchev–Trinajstić information content (AvgIpc) is 2.26. The van der Waals surface area contributed by atoms with Gasteiger partial charge in [0.1, 0.15) is 5.82 Å². The van der Waals surface area contributed by atoms with Crippen LogP contribution >= 0.6 is 11.6 Å². The van der Waals surface area contributed by atoms with E-state index in [2.05, 4.69) is 0 Å². The predicted molar refractivity (Wildman–Crippen MR) is 61.0 cm³/mol. The smallest absolute Gasteiger partial charge is 0.167 e. The molecule has 0 aliphatic heterocycles. The van der Waals surface area contributed by atoms with E-state index in [4.69, 9.17) is 16.3 Å². The zero-order valence-corrected chi connectivity index (χ0v) is 9.77. The van der Waals surface area contributed by atoms with Gasteiger partial charge in [-0.2, -0.15) is 0 Å². The number of unbranched alkanes of at least 4 members (excludes halogenated alkanes) is 3. The number of rotatable bonds is 7. The molecule has 0 aromatic heterocycles. The Labute approximate surface area is 99.4 Å². The van der Waals surface area contributed by atoms with Gasteiger partial charge in [0.15, 0.2) is 11.6 Å². The van der Waals surface area contributed by atoms with E-state index >= 15 is 0 Å². The predicted octanol–water partition coefficient (Wildman–Crippen LogP) is 4.14. The highest BCUT2D eigenvalue weighted by molar-refractivity contribution is 6.17. The molecule has 4 heteroatoms. The number of alkyl halides is 1. The summed E-state index contributed by atoms with van der Waals surface area (Å²) in [6.45, 7) is 0.449. The zero-order valence-electron chi connectivity index (χ0n) is 9.02. The second-order valence-electron chi connectivity index (χ2n) is 3.53. The summed E-state index contributed by atoms with van der Waals surface area (Å²) in [5.41, 5.74) is 0. The summed E-state index contributed by atoms with van der Waals surface area (Å²) < 4.78 is 30.9. The van der Waals surface area contributed by atoms with Crippen LogP contribution in [0.15, 0.2) is 18.2 Å². The maximum Gasteiger partial charge on any atom is 0.167 e. The van der Waals surface area contributed by atoms with Crippen LogP contribution in [0.1, 0.15) is 25.7 Å². The van der Waals surface area contributed by atoms with Gasteiger partial charge in [-0.25, -0.2) is 8.78 Å². The van der Waals surface area contributed by atoms with Crippen molar-refractivity contribution in [2.45, 2.75) is 25.7 Å². The Morgan fingerprint density at radius 1 is 1.06 bits per heavy atom. The minimum atomic E-state index is -0.652. The zero-order chi connectivity index (χ0) is 11.8. The average molecular weight is 249 g/mol. The molecule has 0 heterocycles. The topological polar surface area (TPSA) is 9.23 Å². The van der Waals surface area contributed by atoms with Gasteiger partial charge < -0.3 is 4.74 Å². The summed E-state index contributed by atoms with van der Waals surface area (Å²) >= 11 is 5.53. The summed E-state index contributed by atoms with van der Waals surface area (Å²) in [5, 5.41) is 0. The standard InChI is InChI=1S/C12H15ClF2O/c13-7-3-1-2-4-8-16-12-6-5-10(14)9-11(12)15/h5-6,9H,1-4,7-8H2. The largest absolute Gasteiger partial charge is 0.491 e. The van der Waals surface area contributed by atoms with Crippen molar-refractivity contribution in [3.63, 3.8) is 0 Å². The van der Waals surface area contributed by atoms with Crippen LogP contribution in [0.5, 0.6) is 5.75 Å². The van der Waals surface area contributed by atoms with E-state index in [1.807, 2.05) is 0 Å². The molecule has 1 aromatic carbocycles. The molecule has 1 nitrogen and oxygen atoms in total. The van der Waals surface area contributed by atoms with Crippen molar-refractivity contribution < 1.29 is 13.5 Å². The molecule has 0 aliphatic rings. The summed E-state index contributed by atoms with van der Waals surface area (Å²) in [6, 6.07) is 3.32. The van der Waals surface area contributed by atoms with Gasteiger partial charge >= 0.3 is 0 Å². The van der Waals surface area contributed by atoms with Crippen molar-refractivity contribution >= 4 is 11.6 Å². The summed E-state index contributed by atoms with van der Waals surface area (Å²) in [6.07, 6.45) is 3.91. The van der Waals surface area contributed by atoms with Crippen molar-refractivity contribution in [1.29, 1.82) is 0 Å². The number of ether oxygens (including phenoxy) is 1. The van der Waals surface area contributed by atoms with E-state index in [-0.39, 0.29) is 5.75 Å². The highest BCUT2D eigenvalue weighted by atomic mass is 35.5. The quantitative estimate of drug-likeness (QED) is 0.520. The fourth-order valence-electron chi connectivity index (χ4n) is 1.32. The second-order valence-corrected chi connectivity index (χ2v) is 3.90. The van der Waals surface area contributed by atoms with E-state index in [1.54, 1.807) is 0 Å². The van der Waals surface area contributed by atoms with Crippen molar-refractivity contribution in [3.8, 4) is 5.75 Å². The Balaban J connectivity index is 2.21. The fourth-order valence-corrected chi connectivity index (χ4v) is 1.51. The van der Waals surface area contributed by atoms with Gasteiger partial charge in [0, 0.05) is 11.9 Å². The first-order valence-electron chi connectivity index (χ1n) is 5.38. The van der Waals surface area contributed by atoms with E-state index < -0.39 is 11.6 Å². The molecule has 1 rings (SSSR count). The van der Waals surface area contributed by atoms with Gasteiger partial charge in [-0.3, -0.25) is 0 Å². The second kappa shape index (κ2) is 7.44. The highest BCUT2D eigenvalue weighted by Crippen LogP contribution is 2.17. The summed E-state index contributed by atoms with van der Waals surface area (Å²) in [5.74, 6) is -0.459. The first kappa shape index (κ1) is 13.2. The van der Waals surface area contributed by atoms with Crippen LogP contribution in [0.3, 0.4) is 0 Å². The SMILES string of the molecule is Fc1ccc(OCCCCCCCl)c(F)c1. The minimum absolute atomic E-state index is 0.110. The Kier molecular flexibility index (Phi) is 6.16. The van der Waals surface area contributed by atoms with Gasteiger partial charge in [0.2, 0.25) is 0 Å². The van der Waals surface area contributed by atoms with Gasteiger partial charge in [0.05, 0.1) is 6.61 Å². The van der Waals surface area contributed by atoms with Crippen LogP contribution < -0.4 is 4.74 Å². The molecule has 0 saturated carbocycles. The molecule has 0 spiro atoms. The maximum absolute atomic E-state index is 13.1. The van der Waals surface area contributed by atoms with Gasteiger partial charge in [-0.15, -0.1) is 11.6 Å². The lowest BCUT2D eigenvalue weighted by Gasteiger charge is -2.06. The summed E-state index contributed by atoms with van der Waals surface area (Å²) in [7, 11) is 0. The van der Waals surface area contributed by atoms with Gasteiger partial charge in [-0.1, -0.05) is 12.8 Å². The third-order valence-corrected chi connectivity index (χ3v) is 2.45. The van der Waals surface area contributed by atoms with Crippen LogP contribution in [0.4, 0.5) is 8.78 Å². The van der Waals surface area contributed by atoms with E-state index in [1.165, 1.54) is 12.1 Å². The van der Waals surface area contributed by atoms with Crippen molar-refractivity contribution in [2.75, 3.05) is 12.5 Å². The third-order valence-electron chi connectivity index (χ3n) is 2.18. The summed E-state index contributed by atoms with van der Waals surface area (Å²) in [4.78, 5) is 0. The highest BCUT2D eigenvalue weighted by Gasteiger charge is 2.03. The van der Waals surface area contributed by atoms with E-state index in [9.17, 15) is 8.78 Å². The monoisotopic (exact) mass is 248 g/mol. The Morgan fingerprint density at radius 3 is 2.50 bits per heavy atom. The van der Waals surface area contributed by atoms with Gasteiger partial charge in [0.25, 0.3) is 0 Å². The van der Waals surface area contributed by atoms with Crippen molar-refractivity contribution in [1.82, 2.24) is 0 Å². The lowest BCUT2D eigenvalue weighted by molar-refractivity contribution is 0.289. The van der Waals surface area contributed by atoms with E-state index in [0.29, 0.717) is 12.5 Å². The number of hydrogen-bond donors (Lipinski definition) is 0. The molecule has 0 fully saturated rings. The Bertz CT molecular complexity index is 318. The molecule has 1 aromatic rings. The van der Waals surface area contributed by atoms with Crippen LogP contribution in [0, 0.1) is 11.6 Å².